The van der Waals surface area contributed by atoms with E-state index in [1.54, 1.807) is 24.4 Å². The Labute approximate surface area is 155 Å². The van der Waals surface area contributed by atoms with Crippen LogP contribution in [0.15, 0.2) is 83.8 Å². The van der Waals surface area contributed by atoms with E-state index in [1.807, 2.05) is 48.5 Å². The van der Waals surface area contributed by atoms with Gasteiger partial charge in [-0.05, 0) is 29.8 Å². The maximum absolute atomic E-state index is 12.5. The molecule has 0 atom stereocenters. The van der Waals surface area contributed by atoms with Crippen molar-refractivity contribution < 1.29 is 4.74 Å². The highest BCUT2D eigenvalue weighted by Gasteiger charge is 2.09. The largest absolute Gasteiger partial charge is 0.485 e. The van der Waals surface area contributed by atoms with Crippen LogP contribution in [-0.4, -0.2) is 9.38 Å². The average molecular weight is 363 g/mol. The molecule has 0 unspecified atom stereocenters. The molecular weight excluding hydrogens is 348 g/mol. The van der Waals surface area contributed by atoms with Crippen molar-refractivity contribution in [2.75, 3.05) is 0 Å². The summed E-state index contributed by atoms with van der Waals surface area (Å²) in [5.41, 5.74) is 2.78. The number of rotatable bonds is 4. The summed E-state index contributed by atoms with van der Waals surface area (Å²) in [6.07, 6.45) is 1.69. The fourth-order valence-electron chi connectivity index (χ4n) is 2.72. The summed E-state index contributed by atoms with van der Waals surface area (Å²) in [5.74, 6) is 0.560. The molecule has 0 aliphatic heterocycles. The molecule has 4 aromatic rings. The van der Waals surface area contributed by atoms with E-state index in [-0.39, 0.29) is 5.56 Å². The van der Waals surface area contributed by atoms with Crippen LogP contribution < -0.4 is 10.3 Å². The van der Waals surface area contributed by atoms with E-state index < -0.39 is 0 Å². The Balaban J connectivity index is 1.76. The highest BCUT2D eigenvalue weighted by atomic mass is 35.5. The Bertz CT molecular complexity index is 1110. The van der Waals surface area contributed by atoms with Crippen LogP contribution in [0.5, 0.6) is 5.75 Å². The predicted molar refractivity (Wildman–Crippen MR) is 103 cm³/mol. The van der Waals surface area contributed by atoms with Gasteiger partial charge in [-0.15, -0.1) is 0 Å². The molecular formula is C21H15ClN2O2. The summed E-state index contributed by atoms with van der Waals surface area (Å²) in [6, 6.07) is 22.2. The normalized spacial score (nSPS) is 10.8. The van der Waals surface area contributed by atoms with Gasteiger partial charge in [0.05, 0.1) is 5.69 Å². The molecule has 0 saturated heterocycles. The van der Waals surface area contributed by atoms with Crippen LogP contribution >= 0.6 is 11.6 Å². The molecule has 0 aliphatic rings. The number of nitrogens with zero attached hydrogens (tertiary/aromatic N) is 2. The molecule has 2 aromatic carbocycles. The first kappa shape index (κ1) is 16.4. The number of ether oxygens (including phenoxy) is 1. The van der Waals surface area contributed by atoms with Crippen molar-refractivity contribution in [1.29, 1.82) is 0 Å². The molecule has 2 heterocycles. The Morgan fingerprint density at radius 1 is 0.962 bits per heavy atom. The predicted octanol–water partition coefficient (Wildman–Crippen LogP) is 4.59. The zero-order valence-corrected chi connectivity index (χ0v) is 14.6. The molecule has 4 rings (SSSR count). The third-order valence-corrected chi connectivity index (χ3v) is 4.28. The zero-order valence-electron chi connectivity index (χ0n) is 13.8. The van der Waals surface area contributed by atoms with Crippen LogP contribution in [0.4, 0.5) is 0 Å². The first-order valence-electron chi connectivity index (χ1n) is 8.16. The Kier molecular flexibility index (Phi) is 4.42. The molecule has 2 aromatic heterocycles. The lowest BCUT2D eigenvalue weighted by Gasteiger charge is -2.10. The highest BCUT2D eigenvalue weighted by Crippen LogP contribution is 2.23. The number of benzene rings is 2. The fraction of sp³-hybridized carbons (Fsp3) is 0.0476. The summed E-state index contributed by atoms with van der Waals surface area (Å²) in [4.78, 5) is 17.2. The van der Waals surface area contributed by atoms with Crippen LogP contribution in [-0.2, 0) is 6.61 Å². The van der Waals surface area contributed by atoms with E-state index in [0.29, 0.717) is 28.7 Å². The van der Waals surface area contributed by atoms with Crippen molar-refractivity contribution in [2.45, 2.75) is 6.61 Å². The molecule has 0 bridgehead atoms. The summed E-state index contributed by atoms with van der Waals surface area (Å²) in [5, 5.41) is 0.637. The molecule has 5 heteroatoms. The number of halogens is 1. The molecule has 0 spiro atoms. The van der Waals surface area contributed by atoms with Crippen LogP contribution in [0.3, 0.4) is 0 Å². The van der Waals surface area contributed by atoms with Gasteiger partial charge in [0.15, 0.2) is 11.4 Å². The van der Waals surface area contributed by atoms with Crippen molar-refractivity contribution in [1.82, 2.24) is 9.38 Å². The molecule has 0 radical (unpaired) electrons. The van der Waals surface area contributed by atoms with Crippen LogP contribution in [0.1, 0.15) is 5.56 Å². The van der Waals surface area contributed by atoms with Gasteiger partial charge in [0.2, 0.25) is 0 Å². The van der Waals surface area contributed by atoms with Gasteiger partial charge < -0.3 is 4.74 Å². The minimum atomic E-state index is -0.162. The first-order valence-corrected chi connectivity index (χ1v) is 8.53. The second-order valence-corrected chi connectivity index (χ2v) is 6.26. The van der Waals surface area contributed by atoms with Gasteiger partial charge >= 0.3 is 0 Å². The smallest absolute Gasteiger partial charge is 0.258 e. The quantitative estimate of drug-likeness (QED) is 0.533. The number of pyridine rings is 1. The Morgan fingerprint density at radius 2 is 1.73 bits per heavy atom. The third kappa shape index (κ3) is 3.32. The number of fused-ring (bicyclic) bond motifs is 1. The van der Waals surface area contributed by atoms with Crippen molar-refractivity contribution in [3.63, 3.8) is 0 Å². The second kappa shape index (κ2) is 7.02. The minimum Gasteiger partial charge on any atom is -0.485 e. The number of hydrogen-bond acceptors (Lipinski definition) is 3. The molecule has 0 aliphatic carbocycles. The number of hydrogen-bond donors (Lipinski definition) is 0. The van der Waals surface area contributed by atoms with E-state index in [1.165, 1.54) is 10.5 Å². The highest BCUT2D eigenvalue weighted by molar-refractivity contribution is 6.30. The van der Waals surface area contributed by atoms with Gasteiger partial charge in [-0.25, -0.2) is 4.98 Å². The van der Waals surface area contributed by atoms with Gasteiger partial charge in [0.1, 0.15) is 6.61 Å². The summed E-state index contributed by atoms with van der Waals surface area (Å²) >= 11 is 5.94. The standard InChI is InChI=1S/C21H15ClN2O2/c22-17-10-8-16(9-11-17)18-13-20(25)24-12-4-7-19(21(24)23-18)26-14-15-5-2-1-3-6-15/h1-13H,14H2. The lowest BCUT2D eigenvalue weighted by atomic mass is 10.1. The average Bonchev–Trinajstić information content (AvgIpc) is 2.68. The van der Waals surface area contributed by atoms with Gasteiger partial charge in [0, 0.05) is 22.8 Å². The van der Waals surface area contributed by atoms with Gasteiger partial charge in [0.25, 0.3) is 5.56 Å². The van der Waals surface area contributed by atoms with E-state index in [2.05, 4.69) is 4.98 Å². The van der Waals surface area contributed by atoms with Crippen LogP contribution in [0.25, 0.3) is 16.9 Å². The summed E-state index contributed by atoms with van der Waals surface area (Å²) in [6.45, 7) is 0.404. The van der Waals surface area contributed by atoms with E-state index in [4.69, 9.17) is 16.3 Å². The van der Waals surface area contributed by atoms with Crippen molar-refractivity contribution in [2.24, 2.45) is 0 Å². The van der Waals surface area contributed by atoms with Crippen molar-refractivity contribution in [3.05, 3.63) is 99.9 Å². The van der Waals surface area contributed by atoms with Crippen molar-refractivity contribution in [3.8, 4) is 17.0 Å². The lowest BCUT2D eigenvalue weighted by Crippen LogP contribution is -2.15. The summed E-state index contributed by atoms with van der Waals surface area (Å²) in [7, 11) is 0. The zero-order chi connectivity index (χ0) is 17.9. The van der Waals surface area contributed by atoms with Crippen molar-refractivity contribution >= 4 is 17.2 Å². The van der Waals surface area contributed by atoms with Crippen LogP contribution in [0.2, 0.25) is 5.02 Å². The lowest BCUT2D eigenvalue weighted by molar-refractivity contribution is 0.308. The van der Waals surface area contributed by atoms with E-state index in [9.17, 15) is 4.79 Å². The number of aromatic nitrogens is 2. The Morgan fingerprint density at radius 3 is 2.50 bits per heavy atom. The second-order valence-electron chi connectivity index (χ2n) is 5.83. The monoisotopic (exact) mass is 362 g/mol. The van der Waals surface area contributed by atoms with E-state index in [0.717, 1.165) is 11.1 Å². The Hall–Kier alpha value is -3.11. The van der Waals surface area contributed by atoms with E-state index >= 15 is 0 Å². The molecule has 0 amide bonds. The summed E-state index contributed by atoms with van der Waals surface area (Å²) < 4.78 is 7.41. The maximum Gasteiger partial charge on any atom is 0.258 e. The maximum atomic E-state index is 12.5. The molecule has 128 valence electrons. The SMILES string of the molecule is O=c1cc(-c2ccc(Cl)cc2)nc2c(OCc3ccccc3)cccn12. The van der Waals surface area contributed by atoms with Gasteiger partial charge in [-0.3, -0.25) is 9.20 Å². The molecule has 0 saturated carbocycles. The topological polar surface area (TPSA) is 43.6 Å². The minimum absolute atomic E-state index is 0.162. The molecule has 4 nitrogen and oxygen atoms in total. The molecule has 0 N–H and O–H groups in total. The van der Waals surface area contributed by atoms with Gasteiger partial charge in [-0.1, -0.05) is 54.1 Å². The third-order valence-electron chi connectivity index (χ3n) is 4.03. The van der Waals surface area contributed by atoms with Crippen LogP contribution in [0, 0.1) is 0 Å². The van der Waals surface area contributed by atoms with Gasteiger partial charge in [-0.2, -0.15) is 0 Å². The first-order chi connectivity index (χ1) is 12.7. The molecule has 0 fully saturated rings. The molecule has 26 heavy (non-hydrogen) atoms. The fourth-order valence-corrected chi connectivity index (χ4v) is 2.84.